The highest BCUT2D eigenvalue weighted by atomic mass is 16.5. The number of benzene rings is 1. The SMILES string of the molecule is CCOC(=O)Cc1cc(CN)ccc1OC. The Labute approximate surface area is 95.3 Å². The number of carbonyl (C=O) groups is 1. The molecule has 0 aliphatic carbocycles. The molecule has 0 saturated carbocycles. The van der Waals surface area contributed by atoms with E-state index in [0.717, 1.165) is 11.1 Å². The molecule has 4 heteroatoms. The molecule has 4 nitrogen and oxygen atoms in total. The van der Waals surface area contributed by atoms with E-state index in [4.69, 9.17) is 15.2 Å². The molecule has 0 aliphatic rings. The highest BCUT2D eigenvalue weighted by Gasteiger charge is 2.09. The van der Waals surface area contributed by atoms with Crippen LogP contribution in [0.3, 0.4) is 0 Å². The first-order valence-electron chi connectivity index (χ1n) is 5.22. The molecule has 16 heavy (non-hydrogen) atoms. The fourth-order valence-electron chi connectivity index (χ4n) is 1.46. The van der Waals surface area contributed by atoms with Gasteiger partial charge < -0.3 is 15.2 Å². The van der Waals surface area contributed by atoms with Gasteiger partial charge in [0.15, 0.2) is 0 Å². The van der Waals surface area contributed by atoms with Crippen molar-refractivity contribution in [3.05, 3.63) is 29.3 Å². The lowest BCUT2D eigenvalue weighted by atomic mass is 10.1. The van der Waals surface area contributed by atoms with Crippen LogP contribution in [0, 0.1) is 0 Å². The molecule has 0 fully saturated rings. The second kappa shape index (κ2) is 6.12. The number of methoxy groups -OCH3 is 1. The number of carbonyl (C=O) groups excluding carboxylic acids is 1. The maximum Gasteiger partial charge on any atom is 0.310 e. The third-order valence-electron chi connectivity index (χ3n) is 2.22. The molecule has 1 rings (SSSR count). The van der Waals surface area contributed by atoms with Crippen LogP contribution in [-0.2, 0) is 22.5 Å². The van der Waals surface area contributed by atoms with Gasteiger partial charge in [-0.15, -0.1) is 0 Å². The first kappa shape index (κ1) is 12.5. The van der Waals surface area contributed by atoms with Gasteiger partial charge in [0.25, 0.3) is 0 Å². The van der Waals surface area contributed by atoms with Crippen molar-refractivity contribution in [3.8, 4) is 5.75 Å². The zero-order valence-electron chi connectivity index (χ0n) is 9.66. The molecule has 0 bridgehead atoms. The van der Waals surface area contributed by atoms with E-state index in [1.165, 1.54) is 0 Å². The number of rotatable bonds is 5. The molecular formula is C12H17NO3. The van der Waals surface area contributed by atoms with Gasteiger partial charge in [-0.25, -0.2) is 0 Å². The van der Waals surface area contributed by atoms with Gasteiger partial charge in [0, 0.05) is 12.1 Å². The summed E-state index contributed by atoms with van der Waals surface area (Å²) in [4.78, 5) is 11.4. The summed E-state index contributed by atoms with van der Waals surface area (Å²) < 4.78 is 10.1. The Morgan fingerprint density at radius 2 is 2.19 bits per heavy atom. The van der Waals surface area contributed by atoms with Crippen molar-refractivity contribution < 1.29 is 14.3 Å². The van der Waals surface area contributed by atoms with Gasteiger partial charge in [0.05, 0.1) is 20.1 Å². The molecule has 0 spiro atoms. The zero-order valence-corrected chi connectivity index (χ0v) is 9.66. The fourth-order valence-corrected chi connectivity index (χ4v) is 1.46. The monoisotopic (exact) mass is 223 g/mol. The quantitative estimate of drug-likeness (QED) is 0.763. The fraction of sp³-hybridized carbons (Fsp3) is 0.417. The molecule has 0 saturated heterocycles. The van der Waals surface area contributed by atoms with E-state index in [1.54, 1.807) is 14.0 Å². The number of esters is 1. The van der Waals surface area contributed by atoms with Gasteiger partial charge in [-0.1, -0.05) is 12.1 Å². The maximum atomic E-state index is 11.4. The second-order valence-electron chi connectivity index (χ2n) is 3.33. The summed E-state index contributed by atoms with van der Waals surface area (Å²) in [7, 11) is 1.58. The Balaban J connectivity index is 2.86. The number of ether oxygens (including phenoxy) is 2. The van der Waals surface area contributed by atoms with Gasteiger partial charge >= 0.3 is 5.97 Å². The van der Waals surface area contributed by atoms with Crippen LogP contribution < -0.4 is 10.5 Å². The summed E-state index contributed by atoms with van der Waals surface area (Å²) in [5.41, 5.74) is 7.32. The maximum absolute atomic E-state index is 11.4. The Morgan fingerprint density at radius 3 is 2.75 bits per heavy atom. The highest BCUT2D eigenvalue weighted by molar-refractivity contribution is 5.73. The molecule has 0 heterocycles. The lowest BCUT2D eigenvalue weighted by Crippen LogP contribution is -2.09. The molecule has 0 atom stereocenters. The minimum absolute atomic E-state index is 0.213. The predicted octanol–water partition coefficient (Wildman–Crippen LogP) is 1.26. The zero-order chi connectivity index (χ0) is 12.0. The van der Waals surface area contributed by atoms with Crippen LogP contribution in [0.5, 0.6) is 5.75 Å². The van der Waals surface area contributed by atoms with E-state index in [1.807, 2.05) is 18.2 Å². The molecular weight excluding hydrogens is 206 g/mol. The summed E-state index contributed by atoms with van der Waals surface area (Å²) >= 11 is 0. The standard InChI is InChI=1S/C12H17NO3/c1-3-16-12(14)7-10-6-9(8-13)4-5-11(10)15-2/h4-6H,3,7-8,13H2,1-2H3. The third-order valence-corrected chi connectivity index (χ3v) is 2.22. The third kappa shape index (κ3) is 3.24. The van der Waals surface area contributed by atoms with Crippen molar-refractivity contribution in [2.75, 3.05) is 13.7 Å². The molecule has 0 aliphatic heterocycles. The van der Waals surface area contributed by atoms with Crippen LogP contribution in [0.2, 0.25) is 0 Å². The lowest BCUT2D eigenvalue weighted by molar-refractivity contribution is -0.142. The van der Waals surface area contributed by atoms with Crippen LogP contribution in [0.25, 0.3) is 0 Å². The van der Waals surface area contributed by atoms with Crippen LogP contribution in [0.15, 0.2) is 18.2 Å². The molecule has 2 N–H and O–H groups in total. The largest absolute Gasteiger partial charge is 0.496 e. The summed E-state index contributed by atoms with van der Waals surface area (Å²) in [5, 5.41) is 0. The molecule has 1 aromatic rings. The highest BCUT2D eigenvalue weighted by Crippen LogP contribution is 2.20. The van der Waals surface area contributed by atoms with Gasteiger partial charge in [-0.05, 0) is 18.6 Å². The average Bonchev–Trinajstić information content (AvgIpc) is 2.29. The average molecular weight is 223 g/mol. The molecule has 1 aromatic carbocycles. The molecule has 0 aromatic heterocycles. The van der Waals surface area contributed by atoms with Crippen LogP contribution in [0.4, 0.5) is 0 Å². The van der Waals surface area contributed by atoms with E-state index >= 15 is 0 Å². The van der Waals surface area contributed by atoms with Crippen LogP contribution in [-0.4, -0.2) is 19.7 Å². The lowest BCUT2D eigenvalue weighted by Gasteiger charge is -2.09. The van der Waals surface area contributed by atoms with Gasteiger partial charge in [0.2, 0.25) is 0 Å². The summed E-state index contributed by atoms with van der Waals surface area (Å²) in [6.07, 6.45) is 0.213. The van der Waals surface area contributed by atoms with Gasteiger partial charge in [-0.2, -0.15) is 0 Å². The molecule has 0 radical (unpaired) electrons. The minimum atomic E-state index is -0.255. The second-order valence-corrected chi connectivity index (χ2v) is 3.33. The summed E-state index contributed by atoms with van der Waals surface area (Å²) in [6.45, 7) is 2.61. The first-order chi connectivity index (χ1) is 7.71. The van der Waals surface area contributed by atoms with E-state index in [9.17, 15) is 4.79 Å². The smallest absolute Gasteiger partial charge is 0.310 e. The van der Waals surface area contributed by atoms with E-state index in [2.05, 4.69) is 0 Å². The van der Waals surface area contributed by atoms with Crippen molar-refractivity contribution in [2.45, 2.75) is 19.9 Å². The summed E-state index contributed by atoms with van der Waals surface area (Å²) in [5.74, 6) is 0.431. The van der Waals surface area contributed by atoms with Crippen molar-refractivity contribution in [3.63, 3.8) is 0 Å². The van der Waals surface area contributed by atoms with Crippen LogP contribution in [0.1, 0.15) is 18.1 Å². The van der Waals surface area contributed by atoms with E-state index < -0.39 is 0 Å². The Hall–Kier alpha value is -1.55. The Kier molecular flexibility index (Phi) is 4.79. The topological polar surface area (TPSA) is 61.5 Å². The number of nitrogens with two attached hydrogens (primary N) is 1. The van der Waals surface area contributed by atoms with Crippen molar-refractivity contribution in [2.24, 2.45) is 5.73 Å². The molecule has 0 unspecified atom stereocenters. The van der Waals surface area contributed by atoms with Crippen molar-refractivity contribution >= 4 is 5.97 Å². The van der Waals surface area contributed by atoms with E-state index in [0.29, 0.717) is 18.9 Å². The molecule has 88 valence electrons. The predicted molar refractivity (Wildman–Crippen MR) is 61.2 cm³/mol. The Morgan fingerprint density at radius 1 is 1.44 bits per heavy atom. The van der Waals surface area contributed by atoms with Gasteiger partial charge in [0.1, 0.15) is 5.75 Å². The first-order valence-corrected chi connectivity index (χ1v) is 5.22. The summed E-state index contributed by atoms with van der Waals surface area (Å²) in [6, 6.07) is 5.57. The number of hydrogen-bond acceptors (Lipinski definition) is 4. The normalized spacial score (nSPS) is 9.94. The van der Waals surface area contributed by atoms with Crippen molar-refractivity contribution in [1.29, 1.82) is 0 Å². The minimum Gasteiger partial charge on any atom is -0.496 e. The van der Waals surface area contributed by atoms with Crippen molar-refractivity contribution in [1.82, 2.24) is 0 Å². The van der Waals surface area contributed by atoms with Gasteiger partial charge in [-0.3, -0.25) is 4.79 Å². The Bertz CT molecular complexity index is 363. The number of hydrogen-bond donors (Lipinski definition) is 1. The molecule has 0 amide bonds. The van der Waals surface area contributed by atoms with E-state index in [-0.39, 0.29) is 12.4 Å². The van der Waals surface area contributed by atoms with Crippen LogP contribution >= 0.6 is 0 Å².